The Morgan fingerprint density at radius 3 is 2.94 bits per heavy atom. The fourth-order valence-electron chi connectivity index (χ4n) is 2.52. The van der Waals surface area contributed by atoms with Crippen molar-refractivity contribution in [1.29, 1.82) is 0 Å². The Bertz CT molecular complexity index is 398. The molecule has 2 heterocycles. The maximum absolute atomic E-state index is 12.4. The minimum Gasteiger partial charge on any atom is -0.469 e. The maximum Gasteiger partial charge on any atom is 0.257 e. The maximum atomic E-state index is 12.4. The van der Waals surface area contributed by atoms with Crippen molar-refractivity contribution < 1.29 is 9.21 Å². The molecule has 2 unspecified atom stereocenters. The first-order valence-corrected chi connectivity index (χ1v) is 6.22. The van der Waals surface area contributed by atoms with Gasteiger partial charge in [-0.15, -0.1) is 0 Å². The van der Waals surface area contributed by atoms with Crippen LogP contribution in [0.3, 0.4) is 0 Å². The average Bonchev–Trinajstić information content (AvgIpc) is 2.74. The molecule has 94 valence electrons. The summed E-state index contributed by atoms with van der Waals surface area (Å²) in [5, 5.41) is 0. The van der Waals surface area contributed by atoms with Crippen LogP contribution in [0.15, 0.2) is 16.7 Å². The van der Waals surface area contributed by atoms with E-state index in [1.165, 1.54) is 0 Å². The number of aryl methyl sites for hydroxylation is 1. The van der Waals surface area contributed by atoms with Gasteiger partial charge < -0.3 is 15.1 Å². The molecule has 0 aromatic carbocycles. The smallest absolute Gasteiger partial charge is 0.257 e. The Morgan fingerprint density at radius 2 is 2.35 bits per heavy atom. The summed E-state index contributed by atoms with van der Waals surface area (Å²) in [6.45, 7) is 4.59. The Hall–Kier alpha value is -1.29. The number of amides is 1. The normalized spacial score (nSPS) is 22.5. The topological polar surface area (TPSA) is 59.5 Å². The van der Waals surface area contributed by atoms with Crippen molar-refractivity contribution in [2.45, 2.75) is 45.2 Å². The highest BCUT2D eigenvalue weighted by atomic mass is 16.3. The van der Waals surface area contributed by atoms with Crippen LogP contribution < -0.4 is 5.73 Å². The van der Waals surface area contributed by atoms with E-state index in [-0.39, 0.29) is 18.0 Å². The molecule has 2 N–H and O–H groups in total. The highest BCUT2D eigenvalue weighted by Gasteiger charge is 2.30. The Balaban J connectivity index is 2.20. The molecule has 2 rings (SSSR count). The lowest BCUT2D eigenvalue weighted by molar-refractivity contribution is 0.0582. The number of hydrogen-bond donors (Lipinski definition) is 1. The van der Waals surface area contributed by atoms with Crippen LogP contribution >= 0.6 is 0 Å². The molecule has 1 aliphatic rings. The van der Waals surface area contributed by atoms with Gasteiger partial charge in [0.25, 0.3) is 5.91 Å². The van der Waals surface area contributed by atoms with Gasteiger partial charge in [-0.2, -0.15) is 0 Å². The van der Waals surface area contributed by atoms with Gasteiger partial charge in [0, 0.05) is 18.6 Å². The summed E-state index contributed by atoms with van der Waals surface area (Å²) >= 11 is 0. The van der Waals surface area contributed by atoms with Gasteiger partial charge in [0.15, 0.2) is 0 Å². The van der Waals surface area contributed by atoms with E-state index >= 15 is 0 Å². The van der Waals surface area contributed by atoms with E-state index in [0.29, 0.717) is 11.3 Å². The molecular formula is C13H20N2O2. The predicted molar refractivity (Wildman–Crippen MR) is 65.8 cm³/mol. The fourth-order valence-corrected chi connectivity index (χ4v) is 2.52. The number of hydrogen-bond acceptors (Lipinski definition) is 3. The van der Waals surface area contributed by atoms with Crippen molar-refractivity contribution in [2.75, 3.05) is 6.54 Å². The molecular weight excluding hydrogens is 216 g/mol. The second kappa shape index (κ2) is 4.92. The number of carbonyl (C=O) groups is 1. The molecule has 0 spiro atoms. The van der Waals surface area contributed by atoms with E-state index < -0.39 is 0 Å². The van der Waals surface area contributed by atoms with E-state index in [0.717, 1.165) is 25.8 Å². The summed E-state index contributed by atoms with van der Waals surface area (Å²) in [4.78, 5) is 14.3. The molecule has 1 aromatic rings. The first-order valence-electron chi connectivity index (χ1n) is 6.22. The van der Waals surface area contributed by atoms with Gasteiger partial charge in [0.05, 0.1) is 11.8 Å². The molecule has 0 saturated carbocycles. The minimum atomic E-state index is 0.0199. The largest absolute Gasteiger partial charge is 0.469 e. The van der Waals surface area contributed by atoms with E-state index in [1.807, 2.05) is 18.7 Å². The van der Waals surface area contributed by atoms with Crippen LogP contribution in [0.25, 0.3) is 0 Å². The fraction of sp³-hybridized carbons (Fsp3) is 0.615. The monoisotopic (exact) mass is 236 g/mol. The second-order valence-corrected chi connectivity index (χ2v) is 4.81. The van der Waals surface area contributed by atoms with Crippen LogP contribution in [0.2, 0.25) is 0 Å². The quantitative estimate of drug-likeness (QED) is 0.853. The van der Waals surface area contributed by atoms with E-state index in [2.05, 4.69) is 0 Å². The van der Waals surface area contributed by atoms with Crippen LogP contribution in [0, 0.1) is 6.92 Å². The minimum absolute atomic E-state index is 0.0199. The summed E-state index contributed by atoms with van der Waals surface area (Å²) < 4.78 is 5.19. The van der Waals surface area contributed by atoms with E-state index in [4.69, 9.17) is 10.2 Å². The Kier molecular flexibility index (Phi) is 3.52. The lowest BCUT2D eigenvalue weighted by atomic mass is 9.96. The highest BCUT2D eigenvalue weighted by molar-refractivity contribution is 5.95. The summed E-state index contributed by atoms with van der Waals surface area (Å²) in [7, 11) is 0. The average molecular weight is 236 g/mol. The summed E-state index contributed by atoms with van der Waals surface area (Å²) in [6.07, 6.45) is 4.78. The number of likely N-dealkylation sites (tertiary alicyclic amines) is 1. The standard InChI is InChI=1S/C13H20N2O2/c1-9(14)12-5-3-4-7-15(12)13(16)11-6-8-17-10(11)2/h6,8-9,12H,3-5,7,14H2,1-2H3. The van der Waals surface area contributed by atoms with Crippen LogP contribution in [-0.4, -0.2) is 29.4 Å². The van der Waals surface area contributed by atoms with Gasteiger partial charge >= 0.3 is 0 Å². The number of carbonyl (C=O) groups excluding carboxylic acids is 1. The van der Waals surface area contributed by atoms with Crippen LogP contribution in [0.5, 0.6) is 0 Å². The molecule has 0 aliphatic carbocycles. The molecule has 1 amide bonds. The number of rotatable bonds is 2. The zero-order chi connectivity index (χ0) is 12.4. The second-order valence-electron chi connectivity index (χ2n) is 4.81. The Morgan fingerprint density at radius 1 is 1.59 bits per heavy atom. The number of piperidine rings is 1. The van der Waals surface area contributed by atoms with Gasteiger partial charge in [-0.3, -0.25) is 4.79 Å². The molecule has 4 heteroatoms. The van der Waals surface area contributed by atoms with Crippen molar-refractivity contribution in [3.63, 3.8) is 0 Å². The van der Waals surface area contributed by atoms with Gasteiger partial charge in [-0.1, -0.05) is 0 Å². The molecule has 17 heavy (non-hydrogen) atoms. The summed E-state index contributed by atoms with van der Waals surface area (Å²) in [5.41, 5.74) is 6.63. The number of nitrogens with two attached hydrogens (primary N) is 1. The molecule has 1 saturated heterocycles. The van der Waals surface area contributed by atoms with Crippen molar-refractivity contribution in [2.24, 2.45) is 5.73 Å². The van der Waals surface area contributed by atoms with Gasteiger partial charge in [0.2, 0.25) is 0 Å². The van der Waals surface area contributed by atoms with Crippen molar-refractivity contribution in [3.05, 3.63) is 23.7 Å². The van der Waals surface area contributed by atoms with Crippen molar-refractivity contribution in [3.8, 4) is 0 Å². The third-order valence-corrected chi connectivity index (χ3v) is 3.51. The van der Waals surface area contributed by atoms with Crippen molar-refractivity contribution in [1.82, 2.24) is 4.90 Å². The van der Waals surface area contributed by atoms with Crippen LogP contribution in [0.4, 0.5) is 0 Å². The van der Waals surface area contributed by atoms with Crippen molar-refractivity contribution >= 4 is 5.91 Å². The molecule has 2 atom stereocenters. The number of furan rings is 1. The SMILES string of the molecule is Cc1occc1C(=O)N1CCCCC1C(C)N. The van der Waals surface area contributed by atoms with Gasteiger partial charge in [0.1, 0.15) is 5.76 Å². The highest BCUT2D eigenvalue weighted by Crippen LogP contribution is 2.22. The zero-order valence-electron chi connectivity index (χ0n) is 10.5. The van der Waals surface area contributed by atoms with E-state index in [1.54, 1.807) is 12.3 Å². The predicted octanol–water partition coefficient (Wildman–Crippen LogP) is 1.93. The Labute approximate surface area is 102 Å². The lowest BCUT2D eigenvalue weighted by Gasteiger charge is -2.38. The van der Waals surface area contributed by atoms with Gasteiger partial charge in [-0.25, -0.2) is 0 Å². The number of nitrogens with zero attached hydrogens (tertiary/aromatic N) is 1. The zero-order valence-corrected chi connectivity index (χ0v) is 10.5. The molecule has 0 radical (unpaired) electrons. The molecule has 1 fully saturated rings. The molecule has 1 aliphatic heterocycles. The summed E-state index contributed by atoms with van der Waals surface area (Å²) in [6, 6.07) is 1.92. The van der Waals surface area contributed by atoms with E-state index in [9.17, 15) is 4.79 Å². The van der Waals surface area contributed by atoms with Crippen LogP contribution in [-0.2, 0) is 0 Å². The lowest BCUT2D eigenvalue weighted by Crippen LogP contribution is -2.51. The third kappa shape index (κ3) is 2.36. The molecule has 1 aromatic heterocycles. The third-order valence-electron chi connectivity index (χ3n) is 3.51. The molecule has 0 bridgehead atoms. The van der Waals surface area contributed by atoms with Gasteiger partial charge in [-0.05, 0) is 39.2 Å². The van der Waals surface area contributed by atoms with Crippen LogP contribution in [0.1, 0.15) is 42.3 Å². The molecule has 4 nitrogen and oxygen atoms in total. The summed E-state index contributed by atoms with van der Waals surface area (Å²) in [5.74, 6) is 0.738. The first-order chi connectivity index (χ1) is 8.11. The first kappa shape index (κ1) is 12.2.